The van der Waals surface area contributed by atoms with E-state index in [9.17, 15) is 19.1 Å². The van der Waals surface area contributed by atoms with E-state index in [0.717, 1.165) is 25.7 Å². The van der Waals surface area contributed by atoms with Gasteiger partial charge >= 0.3 is 0 Å². The predicted molar refractivity (Wildman–Crippen MR) is 102 cm³/mol. The second kappa shape index (κ2) is 8.84. The number of alkyl halides is 1. The van der Waals surface area contributed by atoms with E-state index in [1.807, 2.05) is 18.2 Å². The maximum atomic E-state index is 12.5. The number of carbonyl (C=O) groups excluding carboxylic acids is 1. The smallest absolute Gasteiger partial charge is 0.293 e. The van der Waals surface area contributed by atoms with Crippen molar-refractivity contribution in [2.24, 2.45) is 0 Å². The van der Waals surface area contributed by atoms with Gasteiger partial charge in [0.15, 0.2) is 5.75 Å². The van der Waals surface area contributed by atoms with Gasteiger partial charge in [-0.15, -0.1) is 0 Å². The Kier molecular flexibility index (Phi) is 6.27. The first-order chi connectivity index (χ1) is 13.1. The molecule has 1 amide bonds. The first-order valence-corrected chi connectivity index (χ1v) is 9.44. The number of benzene rings is 1. The van der Waals surface area contributed by atoms with Crippen LogP contribution in [0, 0.1) is 0 Å². The summed E-state index contributed by atoms with van der Waals surface area (Å²) in [6.45, 7) is -0.366. The Morgan fingerprint density at radius 3 is 2.52 bits per heavy atom. The van der Waals surface area contributed by atoms with Crippen molar-refractivity contribution < 1.29 is 14.3 Å². The third kappa shape index (κ3) is 4.56. The number of rotatable bonds is 6. The molecule has 5 nitrogen and oxygen atoms in total. The second-order valence-electron chi connectivity index (χ2n) is 7.05. The van der Waals surface area contributed by atoms with E-state index < -0.39 is 23.9 Å². The van der Waals surface area contributed by atoms with Crippen LogP contribution in [0.3, 0.4) is 0 Å². The number of nitrogens with zero attached hydrogens (tertiary/aromatic N) is 1. The summed E-state index contributed by atoms with van der Waals surface area (Å²) in [5.41, 5.74) is 0.641. The molecule has 6 heteroatoms. The van der Waals surface area contributed by atoms with Crippen LogP contribution in [0.1, 0.15) is 53.9 Å². The lowest BCUT2D eigenvalue weighted by Crippen LogP contribution is -2.38. The molecule has 1 saturated carbocycles. The number of nitrogens with one attached hydrogen (secondary N) is 1. The van der Waals surface area contributed by atoms with Gasteiger partial charge in [0.25, 0.3) is 11.5 Å². The van der Waals surface area contributed by atoms with Crippen LogP contribution in [0.15, 0.2) is 47.4 Å². The Morgan fingerprint density at radius 1 is 1.15 bits per heavy atom. The minimum Gasteiger partial charge on any atom is -0.502 e. The standard InChI is InChI=1S/C21H25FN2O3/c22-12-4-13-24-14-11-18(19(25)21(24)27)20(26)23-17-9-7-16(8-10-17)15-5-2-1-3-6-15/h1-3,5-6,11,14,16-17,25H,4,7-10,12-13H2,(H,23,26). The Morgan fingerprint density at radius 2 is 1.85 bits per heavy atom. The van der Waals surface area contributed by atoms with Crippen LogP contribution >= 0.6 is 0 Å². The maximum absolute atomic E-state index is 12.5. The molecule has 0 radical (unpaired) electrons. The van der Waals surface area contributed by atoms with Crippen LogP contribution in [0.25, 0.3) is 0 Å². The summed E-state index contributed by atoms with van der Waals surface area (Å²) in [6, 6.07) is 11.8. The van der Waals surface area contributed by atoms with Gasteiger partial charge in [-0.05, 0) is 49.7 Å². The average Bonchev–Trinajstić information content (AvgIpc) is 2.70. The van der Waals surface area contributed by atoms with E-state index in [0.29, 0.717) is 5.92 Å². The Labute approximate surface area is 157 Å². The highest BCUT2D eigenvalue weighted by Crippen LogP contribution is 2.32. The SMILES string of the molecule is O=C(NC1CCC(c2ccccc2)CC1)c1ccn(CCCF)c(=O)c1O. The first kappa shape index (κ1) is 19.1. The van der Waals surface area contributed by atoms with Crippen LogP contribution in [0.4, 0.5) is 4.39 Å². The normalized spacial score (nSPS) is 19.6. The second-order valence-corrected chi connectivity index (χ2v) is 7.05. The number of hydrogen-bond donors (Lipinski definition) is 2. The van der Waals surface area contributed by atoms with Crippen molar-refractivity contribution >= 4 is 5.91 Å². The van der Waals surface area contributed by atoms with Crippen LogP contribution < -0.4 is 10.9 Å². The summed E-state index contributed by atoms with van der Waals surface area (Å²) in [5.74, 6) is -0.510. The van der Waals surface area contributed by atoms with Gasteiger partial charge < -0.3 is 15.0 Å². The minimum atomic E-state index is -0.663. The molecule has 27 heavy (non-hydrogen) atoms. The molecule has 0 unspecified atom stereocenters. The molecule has 144 valence electrons. The summed E-state index contributed by atoms with van der Waals surface area (Å²) in [5, 5.41) is 13.0. The number of aromatic hydroxyl groups is 1. The molecule has 0 atom stereocenters. The fraction of sp³-hybridized carbons (Fsp3) is 0.429. The zero-order valence-electron chi connectivity index (χ0n) is 15.2. The Hall–Kier alpha value is -2.63. The lowest BCUT2D eigenvalue weighted by molar-refractivity contribution is 0.0922. The molecule has 0 spiro atoms. The molecule has 0 aliphatic heterocycles. The number of carbonyl (C=O) groups is 1. The van der Waals surface area contributed by atoms with Gasteiger partial charge in [0.05, 0.1) is 12.2 Å². The van der Waals surface area contributed by atoms with Crippen molar-refractivity contribution in [3.8, 4) is 5.75 Å². The molecule has 0 saturated heterocycles. The number of halogens is 1. The summed E-state index contributed by atoms with van der Waals surface area (Å²) in [7, 11) is 0. The third-order valence-electron chi connectivity index (χ3n) is 5.25. The van der Waals surface area contributed by atoms with Crippen molar-refractivity contribution in [2.75, 3.05) is 6.67 Å². The molecule has 1 heterocycles. The molecule has 1 aliphatic carbocycles. The van der Waals surface area contributed by atoms with Gasteiger partial charge in [0, 0.05) is 18.8 Å². The van der Waals surface area contributed by atoms with E-state index in [4.69, 9.17) is 0 Å². The Balaban J connectivity index is 1.60. The molecule has 2 aromatic rings. The van der Waals surface area contributed by atoms with E-state index in [-0.39, 0.29) is 24.6 Å². The molecular weight excluding hydrogens is 347 g/mol. The molecule has 1 aromatic carbocycles. The fourth-order valence-corrected chi connectivity index (χ4v) is 3.71. The van der Waals surface area contributed by atoms with Gasteiger partial charge in [-0.1, -0.05) is 30.3 Å². The van der Waals surface area contributed by atoms with Gasteiger partial charge in [0.1, 0.15) is 0 Å². The van der Waals surface area contributed by atoms with Crippen LogP contribution in [-0.4, -0.2) is 28.3 Å². The molecule has 1 aliphatic rings. The molecule has 0 bridgehead atoms. The predicted octanol–water partition coefficient (Wildman–Crippen LogP) is 3.37. The highest BCUT2D eigenvalue weighted by Gasteiger charge is 2.25. The lowest BCUT2D eigenvalue weighted by Gasteiger charge is -2.29. The fourth-order valence-electron chi connectivity index (χ4n) is 3.71. The third-order valence-corrected chi connectivity index (χ3v) is 5.25. The summed E-state index contributed by atoms with van der Waals surface area (Å²) >= 11 is 0. The van der Waals surface area contributed by atoms with E-state index >= 15 is 0 Å². The van der Waals surface area contributed by atoms with Crippen LogP contribution in [-0.2, 0) is 6.54 Å². The molecular formula is C21H25FN2O3. The molecule has 2 N–H and O–H groups in total. The number of aromatic nitrogens is 1. The number of amides is 1. The number of hydrogen-bond acceptors (Lipinski definition) is 3. The van der Waals surface area contributed by atoms with Gasteiger partial charge in [0.2, 0.25) is 0 Å². The quantitative estimate of drug-likeness (QED) is 0.817. The largest absolute Gasteiger partial charge is 0.502 e. The minimum absolute atomic E-state index is 0.0262. The highest BCUT2D eigenvalue weighted by molar-refractivity contribution is 5.96. The monoisotopic (exact) mass is 372 g/mol. The summed E-state index contributed by atoms with van der Waals surface area (Å²) in [6.07, 6.45) is 5.32. The molecule has 3 rings (SSSR count). The van der Waals surface area contributed by atoms with Crippen LogP contribution in [0.2, 0.25) is 0 Å². The number of pyridine rings is 1. The van der Waals surface area contributed by atoms with E-state index in [1.165, 1.54) is 22.4 Å². The van der Waals surface area contributed by atoms with Gasteiger partial charge in [-0.3, -0.25) is 14.0 Å². The topological polar surface area (TPSA) is 71.3 Å². The van der Waals surface area contributed by atoms with Crippen molar-refractivity contribution in [1.82, 2.24) is 9.88 Å². The van der Waals surface area contributed by atoms with Gasteiger partial charge in [-0.25, -0.2) is 0 Å². The zero-order chi connectivity index (χ0) is 19.2. The van der Waals surface area contributed by atoms with E-state index in [1.54, 1.807) is 0 Å². The average molecular weight is 372 g/mol. The summed E-state index contributed by atoms with van der Waals surface area (Å²) in [4.78, 5) is 24.6. The zero-order valence-corrected chi connectivity index (χ0v) is 15.2. The first-order valence-electron chi connectivity index (χ1n) is 9.44. The Bertz CT molecular complexity index is 827. The van der Waals surface area contributed by atoms with E-state index in [2.05, 4.69) is 17.4 Å². The van der Waals surface area contributed by atoms with Crippen molar-refractivity contribution in [1.29, 1.82) is 0 Å². The highest BCUT2D eigenvalue weighted by atomic mass is 19.1. The number of aryl methyl sites for hydroxylation is 1. The lowest BCUT2D eigenvalue weighted by atomic mass is 9.82. The maximum Gasteiger partial charge on any atom is 0.293 e. The van der Waals surface area contributed by atoms with Crippen LogP contribution in [0.5, 0.6) is 5.75 Å². The summed E-state index contributed by atoms with van der Waals surface area (Å²) < 4.78 is 13.5. The molecule has 1 fully saturated rings. The van der Waals surface area contributed by atoms with Gasteiger partial charge in [-0.2, -0.15) is 0 Å². The van der Waals surface area contributed by atoms with Crippen molar-refractivity contribution in [3.05, 3.63) is 64.1 Å². The van der Waals surface area contributed by atoms with Crippen molar-refractivity contribution in [2.45, 2.75) is 50.6 Å². The van der Waals surface area contributed by atoms with Crippen molar-refractivity contribution in [3.63, 3.8) is 0 Å². The molecule has 1 aromatic heterocycles.